The highest BCUT2D eigenvalue weighted by atomic mass is 16.5. The average molecular weight is 418 g/mol. The number of hydrogen-bond donors (Lipinski definition) is 2. The summed E-state index contributed by atoms with van der Waals surface area (Å²) >= 11 is 0. The summed E-state index contributed by atoms with van der Waals surface area (Å²) in [6.45, 7) is 6.31. The summed E-state index contributed by atoms with van der Waals surface area (Å²) in [5.41, 5.74) is 2.89. The minimum absolute atomic E-state index is 0.125. The molecule has 0 aliphatic carbocycles. The smallest absolute Gasteiger partial charge is 0.248 e. The molecule has 1 fully saturated rings. The molecule has 2 aromatic carbocycles. The van der Waals surface area contributed by atoms with Crippen molar-refractivity contribution in [1.29, 1.82) is 0 Å². The van der Waals surface area contributed by atoms with Crippen LogP contribution in [-0.4, -0.2) is 60.4 Å². The van der Waals surface area contributed by atoms with Crippen LogP contribution in [0.4, 0.5) is 5.69 Å². The molecule has 1 unspecified atom stereocenters. The molecule has 2 N–H and O–H groups in total. The molecule has 1 aliphatic rings. The number of anilines is 1. The van der Waals surface area contributed by atoms with E-state index in [9.17, 15) is 9.90 Å². The second kappa shape index (κ2) is 9.69. The molecule has 1 aromatic heterocycles. The van der Waals surface area contributed by atoms with Crippen LogP contribution in [0.1, 0.15) is 12.5 Å². The van der Waals surface area contributed by atoms with Crippen LogP contribution < -0.4 is 15.2 Å². The van der Waals surface area contributed by atoms with Gasteiger partial charge in [-0.3, -0.25) is 9.69 Å². The molecule has 6 heteroatoms. The van der Waals surface area contributed by atoms with E-state index in [1.165, 1.54) is 11.8 Å². The van der Waals surface area contributed by atoms with Gasteiger partial charge in [0, 0.05) is 60.9 Å². The third-order valence-electron chi connectivity index (χ3n) is 5.48. The minimum atomic E-state index is -0.565. The molecular formula is C25H27N3O3. The van der Waals surface area contributed by atoms with Gasteiger partial charge in [-0.25, -0.2) is 0 Å². The van der Waals surface area contributed by atoms with Crippen LogP contribution in [0.15, 0.2) is 59.4 Å². The molecule has 4 rings (SSSR count). The summed E-state index contributed by atoms with van der Waals surface area (Å²) in [5.74, 6) is 6.67. The highest BCUT2D eigenvalue weighted by Gasteiger charge is 2.19. The molecule has 160 valence electrons. The summed E-state index contributed by atoms with van der Waals surface area (Å²) in [6, 6.07) is 17.1. The number of ether oxygens (including phenoxy) is 1. The quantitative estimate of drug-likeness (QED) is 0.603. The lowest BCUT2D eigenvalue weighted by Gasteiger charge is -2.36. The van der Waals surface area contributed by atoms with Crippen molar-refractivity contribution in [2.45, 2.75) is 13.0 Å². The zero-order valence-electron chi connectivity index (χ0n) is 17.7. The summed E-state index contributed by atoms with van der Waals surface area (Å²) in [5, 5.41) is 11.3. The van der Waals surface area contributed by atoms with Crippen molar-refractivity contribution in [2.24, 2.45) is 0 Å². The molecule has 3 aromatic rings. The van der Waals surface area contributed by atoms with E-state index < -0.39 is 6.10 Å². The molecule has 0 radical (unpaired) electrons. The van der Waals surface area contributed by atoms with Gasteiger partial charge in [0.25, 0.3) is 0 Å². The maximum Gasteiger partial charge on any atom is 0.248 e. The Bertz CT molecular complexity index is 1140. The Morgan fingerprint density at radius 2 is 1.84 bits per heavy atom. The van der Waals surface area contributed by atoms with Crippen LogP contribution in [0.2, 0.25) is 0 Å². The zero-order chi connectivity index (χ0) is 21.6. The number of fused-ring (bicyclic) bond motifs is 1. The van der Waals surface area contributed by atoms with Crippen molar-refractivity contribution in [3.05, 3.63) is 70.5 Å². The number of β-amino-alcohol motifs (C(OH)–C–C–N with tert-alkyl or cyclic N) is 1. The number of aliphatic hydroxyl groups excluding tert-OH is 1. The van der Waals surface area contributed by atoms with Crippen molar-refractivity contribution >= 4 is 16.6 Å². The summed E-state index contributed by atoms with van der Waals surface area (Å²) in [7, 11) is 0. The molecule has 1 atom stereocenters. The van der Waals surface area contributed by atoms with Gasteiger partial charge in [0.15, 0.2) is 0 Å². The molecule has 31 heavy (non-hydrogen) atoms. The first-order valence-electron chi connectivity index (χ1n) is 10.5. The number of pyridine rings is 1. The van der Waals surface area contributed by atoms with Crippen LogP contribution in [-0.2, 0) is 0 Å². The third kappa shape index (κ3) is 5.46. The van der Waals surface area contributed by atoms with Crippen molar-refractivity contribution in [1.82, 2.24) is 9.88 Å². The predicted molar refractivity (Wildman–Crippen MR) is 124 cm³/mol. The summed E-state index contributed by atoms with van der Waals surface area (Å²) < 4.78 is 5.78. The number of nitrogens with one attached hydrogen (secondary N) is 1. The Labute approximate surface area is 182 Å². The fourth-order valence-corrected chi connectivity index (χ4v) is 3.85. The van der Waals surface area contributed by atoms with Crippen LogP contribution >= 0.6 is 0 Å². The highest BCUT2D eigenvalue weighted by Crippen LogP contribution is 2.19. The number of hydrogen-bond acceptors (Lipinski definition) is 5. The lowest BCUT2D eigenvalue weighted by Crippen LogP contribution is -2.49. The maximum absolute atomic E-state index is 11.4. The van der Waals surface area contributed by atoms with Gasteiger partial charge in [-0.05, 0) is 55.5 Å². The second-order valence-corrected chi connectivity index (χ2v) is 7.75. The van der Waals surface area contributed by atoms with E-state index in [0.717, 1.165) is 42.6 Å². The van der Waals surface area contributed by atoms with Crippen LogP contribution in [0.3, 0.4) is 0 Å². The van der Waals surface area contributed by atoms with Crippen LogP contribution in [0.25, 0.3) is 10.9 Å². The zero-order valence-corrected chi connectivity index (χ0v) is 17.7. The van der Waals surface area contributed by atoms with Gasteiger partial charge in [-0.15, -0.1) is 5.92 Å². The van der Waals surface area contributed by atoms with Gasteiger partial charge in [-0.2, -0.15) is 0 Å². The van der Waals surface area contributed by atoms with Gasteiger partial charge in [0.2, 0.25) is 5.56 Å². The number of aliphatic hydroxyl groups is 1. The third-order valence-corrected chi connectivity index (χ3v) is 5.48. The van der Waals surface area contributed by atoms with Crippen LogP contribution in [0, 0.1) is 11.8 Å². The average Bonchev–Trinajstić information content (AvgIpc) is 2.79. The number of nitrogens with zero attached hydrogens (tertiary/aromatic N) is 2. The first-order valence-corrected chi connectivity index (χ1v) is 10.5. The largest absolute Gasteiger partial charge is 0.491 e. The lowest BCUT2D eigenvalue weighted by atomic mass is 10.2. The van der Waals surface area contributed by atoms with Crippen molar-refractivity contribution in [3.63, 3.8) is 0 Å². The maximum atomic E-state index is 11.4. The number of aromatic nitrogens is 1. The van der Waals surface area contributed by atoms with Gasteiger partial charge < -0.3 is 19.7 Å². The highest BCUT2D eigenvalue weighted by molar-refractivity contribution is 5.79. The fourth-order valence-electron chi connectivity index (χ4n) is 3.85. The van der Waals surface area contributed by atoms with E-state index in [-0.39, 0.29) is 12.2 Å². The topological polar surface area (TPSA) is 68.8 Å². The molecule has 0 saturated carbocycles. The van der Waals surface area contributed by atoms with E-state index in [1.54, 1.807) is 12.1 Å². The number of piperazine rings is 1. The van der Waals surface area contributed by atoms with Gasteiger partial charge in [0.1, 0.15) is 18.5 Å². The Morgan fingerprint density at radius 3 is 2.58 bits per heavy atom. The summed E-state index contributed by atoms with van der Waals surface area (Å²) in [6.07, 6.45) is -0.565. The monoisotopic (exact) mass is 417 g/mol. The molecular weight excluding hydrogens is 390 g/mol. The van der Waals surface area contributed by atoms with Gasteiger partial charge in [0.05, 0.1) is 0 Å². The van der Waals surface area contributed by atoms with E-state index in [1.807, 2.05) is 19.1 Å². The Balaban J connectivity index is 1.24. The van der Waals surface area contributed by atoms with E-state index in [2.05, 4.69) is 50.9 Å². The van der Waals surface area contributed by atoms with E-state index >= 15 is 0 Å². The SMILES string of the molecule is CC#Cc1ccc(N2CCN(CC(O)COc3ccc4[nH]c(=O)ccc4c3)CC2)cc1. The standard InChI is InChI=1S/C25H27N3O3/c1-2-3-19-4-7-21(8-5-19)28-14-12-27(13-15-28)17-22(29)18-31-23-9-10-24-20(16-23)6-11-25(30)26-24/h4-11,16,22,29H,12-15,17-18H2,1H3,(H,26,30). The predicted octanol–water partition coefficient (Wildman–Crippen LogP) is 2.46. The lowest BCUT2D eigenvalue weighted by molar-refractivity contribution is 0.0663. The Hall–Kier alpha value is -3.27. The van der Waals surface area contributed by atoms with E-state index in [0.29, 0.717) is 12.3 Å². The molecule has 0 spiro atoms. The fraction of sp³-hybridized carbons (Fsp3) is 0.320. The Morgan fingerprint density at radius 1 is 1.06 bits per heavy atom. The van der Waals surface area contributed by atoms with Crippen LogP contribution in [0.5, 0.6) is 5.75 Å². The molecule has 0 amide bonds. The number of aromatic amines is 1. The normalized spacial score (nSPS) is 15.4. The Kier molecular flexibility index (Phi) is 6.56. The first-order chi connectivity index (χ1) is 15.1. The van der Waals surface area contributed by atoms with E-state index in [4.69, 9.17) is 4.74 Å². The number of benzene rings is 2. The second-order valence-electron chi connectivity index (χ2n) is 7.75. The van der Waals surface area contributed by atoms with Gasteiger partial charge in [-0.1, -0.05) is 5.92 Å². The van der Waals surface area contributed by atoms with Crippen molar-refractivity contribution in [3.8, 4) is 17.6 Å². The summed E-state index contributed by atoms with van der Waals surface area (Å²) in [4.78, 5) is 18.8. The number of H-pyrrole nitrogens is 1. The van der Waals surface area contributed by atoms with Gasteiger partial charge >= 0.3 is 0 Å². The molecule has 1 saturated heterocycles. The number of rotatable bonds is 6. The molecule has 2 heterocycles. The van der Waals surface area contributed by atoms with Crippen molar-refractivity contribution < 1.29 is 9.84 Å². The minimum Gasteiger partial charge on any atom is -0.491 e. The van der Waals surface area contributed by atoms with Crippen molar-refractivity contribution in [2.75, 3.05) is 44.2 Å². The first kappa shape index (κ1) is 21.0. The molecule has 0 bridgehead atoms. The molecule has 1 aliphatic heterocycles. The molecule has 6 nitrogen and oxygen atoms in total.